The molecule has 7 heteroatoms. The number of rotatable bonds is 4. The van der Waals surface area contributed by atoms with Crippen LogP contribution in [0.25, 0.3) is 0 Å². The molecular weight excluding hydrogens is 282 g/mol. The minimum absolute atomic E-state index is 0.0456. The molecule has 100 valence electrons. The lowest BCUT2D eigenvalue weighted by Crippen LogP contribution is -2.12. The van der Waals surface area contributed by atoms with Crippen LogP contribution in [0.5, 0.6) is 5.75 Å². The molecule has 1 heterocycles. The van der Waals surface area contributed by atoms with Crippen LogP contribution in [0.1, 0.15) is 22.8 Å². The minimum Gasteiger partial charge on any atom is -0.507 e. The quantitative estimate of drug-likeness (QED) is 0.670. The number of nitrogens with one attached hydrogen (secondary N) is 1. The summed E-state index contributed by atoms with van der Waals surface area (Å²) in [5.74, 6) is 0.475. The van der Waals surface area contributed by atoms with Crippen molar-refractivity contribution in [1.29, 1.82) is 0 Å². The Hall–Kier alpha value is -1.60. The van der Waals surface area contributed by atoms with Crippen LogP contribution in [0.3, 0.4) is 0 Å². The van der Waals surface area contributed by atoms with Crippen LogP contribution in [0, 0.1) is 6.92 Å². The molecular formula is C12H13N3O2S2. The molecule has 0 atom stereocenters. The van der Waals surface area contributed by atoms with Gasteiger partial charge in [0.1, 0.15) is 5.75 Å². The number of hydrogen-bond acceptors (Lipinski definition) is 6. The highest BCUT2D eigenvalue weighted by Gasteiger charge is 2.14. The highest BCUT2D eigenvalue weighted by atomic mass is 32.2. The number of carbonyl (C=O) groups is 1. The van der Waals surface area contributed by atoms with Crippen molar-refractivity contribution in [2.45, 2.75) is 18.2 Å². The highest BCUT2D eigenvalue weighted by molar-refractivity contribution is 8.01. The number of thioether (sulfide) groups is 1. The molecule has 0 fully saturated rings. The van der Waals surface area contributed by atoms with Gasteiger partial charge in [-0.25, -0.2) is 0 Å². The third kappa shape index (κ3) is 3.45. The number of amides is 1. The van der Waals surface area contributed by atoms with Crippen LogP contribution < -0.4 is 5.32 Å². The van der Waals surface area contributed by atoms with Crippen molar-refractivity contribution >= 4 is 34.1 Å². The molecule has 0 spiro atoms. The third-order valence-electron chi connectivity index (χ3n) is 2.29. The number of phenolic OH excluding ortho intramolecular Hbond substituents is 1. The lowest BCUT2D eigenvalue weighted by molar-refractivity contribution is 0.102. The summed E-state index contributed by atoms with van der Waals surface area (Å²) >= 11 is 2.89. The first-order valence-electron chi connectivity index (χ1n) is 5.67. The van der Waals surface area contributed by atoms with Gasteiger partial charge in [0.25, 0.3) is 5.91 Å². The first kappa shape index (κ1) is 13.8. The number of nitrogens with zero attached hydrogens (tertiary/aromatic N) is 2. The van der Waals surface area contributed by atoms with E-state index in [0.717, 1.165) is 15.7 Å². The summed E-state index contributed by atoms with van der Waals surface area (Å²) in [5.41, 5.74) is 1.14. The van der Waals surface area contributed by atoms with E-state index in [4.69, 9.17) is 0 Å². The maximum absolute atomic E-state index is 12.0. The van der Waals surface area contributed by atoms with E-state index < -0.39 is 0 Å². The first-order valence-corrected chi connectivity index (χ1v) is 7.47. The Labute approximate surface area is 119 Å². The molecule has 0 bridgehead atoms. The van der Waals surface area contributed by atoms with Gasteiger partial charge >= 0.3 is 0 Å². The van der Waals surface area contributed by atoms with Gasteiger partial charge in [-0.1, -0.05) is 41.7 Å². The Kier molecular flexibility index (Phi) is 4.39. The Bertz CT molecular complexity index is 598. The van der Waals surface area contributed by atoms with Gasteiger partial charge in [0.15, 0.2) is 4.34 Å². The topological polar surface area (TPSA) is 75.1 Å². The number of aromatic nitrogens is 2. The number of anilines is 1. The van der Waals surface area contributed by atoms with Crippen LogP contribution in [-0.4, -0.2) is 27.0 Å². The van der Waals surface area contributed by atoms with E-state index in [9.17, 15) is 9.90 Å². The average molecular weight is 295 g/mol. The normalized spacial score (nSPS) is 10.4. The number of hydrogen-bond donors (Lipinski definition) is 2. The predicted molar refractivity (Wildman–Crippen MR) is 77.1 cm³/mol. The number of aromatic hydroxyl groups is 1. The van der Waals surface area contributed by atoms with Crippen molar-refractivity contribution < 1.29 is 9.90 Å². The first-order chi connectivity index (χ1) is 9.10. The van der Waals surface area contributed by atoms with Crippen molar-refractivity contribution in [2.24, 2.45) is 0 Å². The zero-order chi connectivity index (χ0) is 13.8. The predicted octanol–water partition coefficient (Wildman–Crippen LogP) is 2.92. The second-order valence-corrected chi connectivity index (χ2v) is 6.27. The van der Waals surface area contributed by atoms with E-state index in [1.54, 1.807) is 23.9 Å². The lowest BCUT2D eigenvalue weighted by Gasteiger charge is -2.04. The van der Waals surface area contributed by atoms with Crippen LogP contribution >= 0.6 is 23.1 Å². The minimum atomic E-state index is -0.384. The molecule has 2 aromatic rings. The van der Waals surface area contributed by atoms with E-state index in [0.29, 0.717) is 5.13 Å². The number of phenols is 1. The number of aryl methyl sites for hydroxylation is 1. The summed E-state index contributed by atoms with van der Waals surface area (Å²) in [6, 6.07) is 4.88. The smallest absolute Gasteiger partial charge is 0.261 e. The molecule has 1 amide bonds. The zero-order valence-electron chi connectivity index (χ0n) is 10.5. The molecule has 2 N–H and O–H groups in total. The molecule has 1 aromatic heterocycles. The number of benzene rings is 1. The Morgan fingerprint density at radius 1 is 1.47 bits per heavy atom. The summed E-state index contributed by atoms with van der Waals surface area (Å²) in [6.07, 6.45) is 0. The average Bonchev–Trinajstić information content (AvgIpc) is 2.80. The highest BCUT2D eigenvalue weighted by Crippen LogP contribution is 2.26. The van der Waals surface area contributed by atoms with Crippen molar-refractivity contribution in [2.75, 3.05) is 11.1 Å². The summed E-state index contributed by atoms with van der Waals surface area (Å²) < 4.78 is 0.811. The molecule has 2 rings (SSSR count). The zero-order valence-corrected chi connectivity index (χ0v) is 12.1. The van der Waals surface area contributed by atoms with Gasteiger partial charge in [-0.15, -0.1) is 10.2 Å². The van der Waals surface area contributed by atoms with Crippen molar-refractivity contribution in [3.63, 3.8) is 0 Å². The maximum Gasteiger partial charge on any atom is 0.261 e. The second kappa shape index (κ2) is 6.03. The van der Waals surface area contributed by atoms with Gasteiger partial charge in [0.2, 0.25) is 5.13 Å². The second-order valence-electron chi connectivity index (χ2n) is 3.78. The van der Waals surface area contributed by atoms with Crippen molar-refractivity contribution in [3.05, 3.63) is 29.3 Å². The lowest BCUT2D eigenvalue weighted by atomic mass is 10.1. The van der Waals surface area contributed by atoms with E-state index in [-0.39, 0.29) is 17.2 Å². The summed E-state index contributed by atoms with van der Waals surface area (Å²) in [5, 5.41) is 20.6. The fraction of sp³-hybridized carbons (Fsp3) is 0.250. The van der Waals surface area contributed by atoms with E-state index in [1.165, 1.54) is 17.4 Å². The van der Waals surface area contributed by atoms with Crippen LogP contribution in [0.4, 0.5) is 5.13 Å². The fourth-order valence-electron chi connectivity index (χ4n) is 1.44. The Morgan fingerprint density at radius 3 is 3.00 bits per heavy atom. The largest absolute Gasteiger partial charge is 0.507 e. The molecule has 0 saturated heterocycles. The fourth-order valence-corrected chi connectivity index (χ4v) is 3.08. The molecule has 0 aliphatic rings. The van der Waals surface area contributed by atoms with Gasteiger partial charge < -0.3 is 5.11 Å². The van der Waals surface area contributed by atoms with Crippen molar-refractivity contribution in [1.82, 2.24) is 10.2 Å². The van der Waals surface area contributed by atoms with Crippen LogP contribution in [0.2, 0.25) is 0 Å². The molecule has 0 unspecified atom stereocenters. The molecule has 19 heavy (non-hydrogen) atoms. The van der Waals surface area contributed by atoms with Crippen LogP contribution in [-0.2, 0) is 0 Å². The monoisotopic (exact) mass is 295 g/mol. The molecule has 0 saturated carbocycles. The molecule has 0 aliphatic carbocycles. The molecule has 5 nitrogen and oxygen atoms in total. The van der Waals surface area contributed by atoms with Gasteiger partial charge in [-0.2, -0.15) is 0 Å². The van der Waals surface area contributed by atoms with E-state index >= 15 is 0 Å². The van der Waals surface area contributed by atoms with E-state index in [2.05, 4.69) is 15.5 Å². The summed E-state index contributed by atoms with van der Waals surface area (Å²) in [6.45, 7) is 3.88. The molecule has 0 aliphatic heterocycles. The molecule has 1 aromatic carbocycles. The SMILES string of the molecule is CCSc1nnc(NC(=O)c2cc(C)ccc2O)s1. The third-order valence-corrected chi connectivity index (χ3v) is 4.15. The Morgan fingerprint density at radius 2 is 2.26 bits per heavy atom. The van der Waals surface area contributed by atoms with Gasteiger partial charge in [-0.05, 0) is 24.8 Å². The van der Waals surface area contributed by atoms with Crippen LogP contribution in [0.15, 0.2) is 22.5 Å². The number of carbonyl (C=O) groups excluding carboxylic acids is 1. The summed E-state index contributed by atoms with van der Waals surface area (Å²) in [7, 11) is 0. The molecule has 0 radical (unpaired) electrons. The van der Waals surface area contributed by atoms with Crippen molar-refractivity contribution in [3.8, 4) is 5.75 Å². The Balaban J connectivity index is 2.13. The maximum atomic E-state index is 12.0. The van der Waals surface area contributed by atoms with Gasteiger partial charge in [0, 0.05) is 0 Å². The van der Waals surface area contributed by atoms with Gasteiger partial charge in [0.05, 0.1) is 5.56 Å². The van der Waals surface area contributed by atoms with Gasteiger partial charge in [-0.3, -0.25) is 10.1 Å². The summed E-state index contributed by atoms with van der Waals surface area (Å²) in [4.78, 5) is 12.0. The van der Waals surface area contributed by atoms with E-state index in [1.807, 2.05) is 13.8 Å². The standard InChI is InChI=1S/C12H13N3O2S2/c1-3-18-12-15-14-11(19-12)13-10(17)8-6-7(2)4-5-9(8)16/h4-6,16H,3H2,1-2H3,(H,13,14,17).